The van der Waals surface area contributed by atoms with Gasteiger partial charge in [0.05, 0.1) is 6.61 Å². The van der Waals surface area contributed by atoms with Crippen LogP contribution in [-0.2, 0) is 4.74 Å². The highest BCUT2D eigenvalue weighted by molar-refractivity contribution is 6.05. The Labute approximate surface area is 144 Å². The van der Waals surface area contributed by atoms with Gasteiger partial charge in [-0.15, -0.1) is 0 Å². The number of hydrogen-bond donors (Lipinski definition) is 2. The molecule has 1 aromatic heterocycles. The van der Waals surface area contributed by atoms with Crippen LogP contribution in [-0.4, -0.2) is 23.6 Å². The van der Waals surface area contributed by atoms with Crippen molar-refractivity contribution in [3.05, 3.63) is 53.9 Å². The second-order valence-electron chi connectivity index (χ2n) is 5.30. The summed E-state index contributed by atoms with van der Waals surface area (Å²) in [6.45, 7) is 3.76. The van der Waals surface area contributed by atoms with Crippen LogP contribution in [0, 0.1) is 6.92 Å². The predicted octanol–water partition coefficient (Wildman–Crippen LogP) is 3.96. The average Bonchev–Trinajstić information content (AvgIpc) is 2.94. The number of anilines is 2. The Hall–Kier alpha value is -3.35. The number of fused-ring (bicyclic) bond motifs is 1. The first-order valence-electron chi connectivity index (χ1n) is 7.77. The van der Waals surface area contributed by atoms with Crippen molar-refractivity contribution < 1.29 is 18.7 Å². The van der Waals surface area contributed by atoms with Crippen LogP contribution in [0.4, 0.5) is 16.2 Å². The van der Waals surface area contributed by atoms with E-state index >= 15 is 0 Å². The summed E-state index contributed by atoms with van der Waals surface area (Å²) in [5.74, 6) is 0.267. The fraction of sp³-hybridized carbons (Fsp3) is 0.167. The Morgan fingerprint density at radius 2 is 1.92 bits per heavy atom. The summed E-state index contributed by atoms with van der Waals surface area (Å²) >= 11 is 0. The number of nitrogens with one attached hydrogen (secondary N) is 2. The minimum atomic E-state index is -0.563. The van der Waals surface area contributed by atoms with Gasteiger partial charge in [0, 0.05) is 23.9 Å². The topological polar surface area (TPSA) is 93.5 Å². The summed E-state index contributed by atoms with van der Waals surface area (Å²) in [5.41, 5.74) is 2.83. The number of carbonyl (C=O) groups is 2. The van der Waals surface area contributed by atoms with E-state index in [9.17, 15) is 9.59 Å². The molecule has 0 aliphatic carbocycles. The Kier molecular flexibility index (Phi) is 4.65. The Bertz CT molecular complexity index is 933. The van der Waals surface area contributed by atoms with Gasteiger partial charge >= 0.3 is 6.09 Å². The number of oxazole rings is 1. The van der Waals surface area contributed by atoms with E-state index in [2.05, 4.69) is 15.6 Å². The molecule has 2 amide bonds. The number of amides is 2. The first-order chi connectivity index (χ1) is 12.0. The van der Waals surface area contributed by atoms with Crippen LogP contribution >= 0.6 is 0 Å². The van der Waals surface area contributed by atoms with Crippen LogP contribution in [0.25, 0.3) is 11.1 Å². The SMILES string of the molecule is CCOC(=O)Nc1cccc(C(=O)Nc2ccc3oc(C)nc3c2)c1. The van der Waals surface area contributed by atoms with E-state index in [1.54, 1.807) is 56.3 Å². The summed E-state index contributed by atoms with van der Waals surface area (Å²) in [6.07, 6.45) is -0.563. The quantitative estimate of drug-likeness (QED) is 0.750. The molecule has 7 nitrogen and oxygen atoms in total. The van der Waals surface area contributed by atoms with Crippen molar-refractivity contribution in [1.29, 1.82) is 0 Å². The van der Waals surface area contributed by atoms with Crippen molar-refractivity contribution in [2.24, 2.45) is 0 Å². The molecular weight excluding hydrogens is 322 g/mol. The van der Waals surface area contributed by atoms with Crippen LogP contribution in [0.15, 0.2) is 46.9 Å². The highest BCUT2D eigenvalue weighted by atomic mass is 16.5. The van der Waals surface area contributed by atoms with E-state index in [1.165, 1.54) is 0 Å². The second-order valence-corrected chi connectivity index (χ2v) is 5.30. The lowest BCUT2D eigenvalue weighted by molar-refractivity contribution is 0.102. The van der Waals surface area contributed by atoms with Crippen LogP contribution in [0.5, 0.6) is 0 Å². The molecule has 0 fully saturated rings. The summed E-state index contributed by atoms with van der Waals surface area (Å²) < 4.78 is 10.2. The van der Waals surface area contributed by atoms with Crippen LogP contribution in [0.2, 0.25) is 0 Å². The molecule has 0 saturated carbocycles. The molecule has 0 atom stereocenters. The molecule has 25 heavy (non-hydrogen) atoms. The summed E-state index contributed by atoms with van der Waals surface area (Å²) in [4.78, 5) is 28.1. The third-order valence-electron chi connectivity index (χ3n) is 3.40. The molecular formula is C18H17N3O4. The number of nitrogens with zero attached hydrogens (tertiary/aromatic N) is 1. The first kappa shape index (κ1) is 16.5. The monoisotopic (exact) mass is 339 g/mol. The third kappa shape index (κ3) is 3.95. The number of aromatic nitrogens is 1. The van der Waals surface area contributed by atoms with Gasteiger partial charge in [-0.3, -0.25) is 10.1 Å². The normalized spacial score (nSPS) is 10.5. The fourth-order valence-corrected chi connectivity index (χ4v) is 2.35. The number of rotatable bonds is 4. The first-order valence-corrected chi connectivity index (χ1v) is 7.77. The molecule has 3 aromatic rings. The van der Waals surface area contributed by atoms with Crippen molar-refractivity contribution in [2.45, 2.75) is 13.8 Å². The van der Waals surface area contributed by atoms with Gasteiger partial charge in [-0.25, -0.2) is 9.78 Å². The Morgan fingerprint density at radius 1 is 1.12 bits per heavy atom. The van der Waals surface area contributed by atoms with Gasteiger partial charge in [-0.1, -0.05) is 6.07 Å². The van der Waals surface area contributed by atoms with Crippen molar-refractivity contribution in [3.8, 4) is 0 Å². The predicted molar refractivity (Wildman–Crippen MR) is 93.8 cm³/mol. The molecule has 0 aliphatic rings. The largest absolute Gasteiger partial charge is 0.450 e. The van der Waals surface area contributed by atoms with Crippen molar-refractivity contribution in [2.75, 3.05) is 17.2 Å². The van der Waals surface area contributed by atoms with Crippen LogP contribution < -0.4 is 10.6 Å². The zero-order chi connectivity index (χ0) is 17.8. The van der Waals surface area contributed by atoms with Gasteiger partial charge < -0.3 is 14.5 Å². The second kappa shape index (κ2) is 7.04. The van der Waals surface area contributed by atoms with E-state index in [-0.39, 0.29) is 12.5 Å². The van der Waals surface area contributed by atoms with Crippen molar-refractivity contribution in [1.82, 2.24) is 4.98 Å². The third-order valence-corrected chi connectivity index (χ3v) is 3.40. The smallest absolute Gasteiger partial charge is 0.411 e. The molecule has 2 aromatic carbocycles. The standard InChI is InChI=1S/C18H17N3O4/c1-3-24-18(23)21-13-6-4-5-12(9-13)17(22)20-14-7-8-16-15(10-14)19-11(2)25-16/h4-10H,3H2,1-2H3,(H,20,22)(H,21,23). The maximum atomic E-state index is 12.4. The Balaban J connectivity index is 1.74. The summed E-state index contributed by atoms with van der Waals surface area (Å²) in [6, 6.07) is 11.8. The zero-order valence-electron chi connectivity index (χ0n) is 13.8. The molecule has 0 spiro atoms. The lowest BCUT2D eigenvalue weighted by Gasteiger charge is -2.08. The van der Waals surface area contributed by atoms with E-state index < -0.39 is 6.09 Å². The van der Waals surface area contributed by atoms with E-state index in [0.29, 0.717) is 33.9 Å². The lowest BCUT2D eigenvalue weighted by Crippen LogP contribution is -2.15. The van der Waals surface area contributed by atoms with Gasteiger partial charge in [0.2, 0.25) is 0 Å². The molecule has 1 heterocycles. The maximum Gasteiger partial charge on any atom is 0.411 e. The molecule has 128 valence electrons. The molecule has 2 N–H and O–H groups in total. The number of carbonyl (C=O) groups excluding carboxylic acids is 2. The van der Waals surface area contributed by atoms with Gasteiger partial charge in [0.15, 0.2) is 11.5 Å². The van der Waals surface area contributed by atoms with Crippen molar-refractivity contribution in [3.63, 3.8) is 0 Å². The number of ether oxygens (including phenoxy) is 1. The van der Waals surface area contributed by atoms with E-state index in [4.69, 9.17) is 9.15 Å². The fourth-order valence-electron chi connectivity index (χ4n) is 2.35. The minimum Gasteiger partial charge on any atom is -0.450 e. The number of aryl methyl sites for hydroxylation is 1. The van der Waals surface area contributed by atoms with Crippen molar-refractivity contribution >= 4 is 34.5 Å². The van der Waals surface area contributed by atoms with E-state index in [0.717, 1.165) is 0 Å². The Morgan fingerprint density at radius 3 is 2.72 bits per heavy atom. The number of benzene rings is 2. The molecule has 7 heteroatoms. The maximum absolute atomic E-state index is 12.4. The van der Waals surface area contributed by atoms with Gasteiger partial charge in [-0.05, 0) is 43.3 Å². The molecule has 0 bridgehead atoms. The molecule has 0 radical (unpaired) electrons. The molecule has 0 saturated heterocycles. The zero-order valence-corrected chi connectivity index (χ0v) is 13.8. The molecule has 3 rings (SSSR count). The minimum absolute atomic E-state index is 0.274. The lowest BCUT2D eigenvalue weighted by atomic mass is 10.2. The summed E-state index contributed by atoms with van der Waals surface area (Å²) in [5, 5.41) is 5.37. The average molecular weight is 339 g/mol. The molecule has 0 unspecified atom stereocenters. The van der Waals surface area contributed by atoms with E-state index in [1.807, 2.05) is 0 Å². The van der Waals surface area contributed by atoms with Crippen LogP contribution in [0.1, 0.15) is 23.2 Å². The van der Waals surface area contributed by atoms with Gasteiger partial charge in [-0.2, -0.15) is 0 Å². The van der Waals surface area contributed by atoms with Crippen LogP contribution in [0.3, 0.4) is 0 Å². The number of hydrogen-bond acceptors (Lipinski definition) is 5. The molecule has 0 aliphatic heterocycles. The summed E-state index contributed by atoms with van der Waals surface area (Å²) in [7, 11) is 0. The highest BCUT2D eigenvalue weighted by Crippen LogP contribution is 2.20. The highest BCUT2D eigenvalue weighted by Gasteiger charge is 2.10. The van der Waals surface area contributed by atoms with Gasteiger partial charge in [0.1, 0.15) is 5.52 Å². The van der Waals surface area contributed by atoms with Gasteiger partial charge in [0.25, 0.3) is 5.91 Å².